The van der Waals surface area contributed by atoms with Gasteiger partial charge in [-0.05, 0) is 41.3 Å². The van der Waals surface area contributed by atoms with Crippen LogP contribution in [0.25, 0.3) is 0 Å². The summed E-state index contributed by atoms with van der Waals surface area (Å²) in [5.41, 5.74) is 8.34. The van der Waals surface area contributed by atoms with Gasteiger partial charge in [-0.2, -0.15) is 0 Å². The molecule has 0 radical (unpaired) electrons. The van der Waals surface area contributed by atoms with Crippen molar-refractivity contribution in [1.29, 1.82) is 0 Å². The molecule has 106 valence electrons. The van der Waals surface area contributed by atoms with E-state index in [9.17, 15) is 5.11 Å². The predicted molar refractivity (Wildman–Crippen MR) is 81.8 cm³/mol. The van der Waals surface area contributed by atoms with E-state index in [1.165, 1.54) is 5.56 Å². The number of rotatable bonds is 5. The van der Waals surface area contributed by atoms with E-state index in [-0.39, 0.29) is 6.61 Å². The molecule has 0 amide bonds. The molecule has 0 saturated carbocycles. The van der Waals surface area contributed by atoms with Gasteiger partial charge in [0.25, 0.3) is 0 Å². The minimum atomic E-state index is -0.654. The first-order valence-corrected chi connectivity index (χ1v) is 6.82. The fraction of sp³-hybridized carbons (Fsp3) is 0.294. The molecule has 0 spiro atoms. The van der Waals surface area contributed by atoms with Crippen LogP contribution in [-0.4, -0.2) is 11.7 Å². The number of aliphatic hydroxyl groups is 1. The zero-order valence-corrected chi connectivity index (χ0v) is 11.9. The maximum Gasteiger partial charge on any atom is 0.119 e. The summed E-state index contributed by atoms with van der Waals surface area (Å²) < 4.78 is 5.66. The van der Waals surface area contributed by atoms with Crippen molar-refractivity contribution < 1.29 is 9.84 Å². The van der Waals surface area contributed by atoms with E-state index < -0.39 is 6.10 Å². The second-order valence-electron chi connectivity index (χ2n) is 5.22. The molecule has 2 aromatic carbocycles. The van der Waals surface area contributed by atoms with Crippen LogP contribution < -0.4 is 10.5 Å². The summed E-state index contributed by atoms with van der Waals surface area (Å²) in [6.07, 6.45) is -0.654. The van der Waals surface area contributed by atoms with E-state index in [2.05, 4.69) is 19.9 Å². The molecule has 0 saturated heterocycles. The van der Waals surface area contributed by atoms with Gasteiger partial charge in [0.1, 0.15) is 18.5 Å². The van der Waals surface area contributed by atoms with Crippen molar-refractivity contribution in [1.82, 2.24) is 0 Å². The lowest BCUT2D eigenvalue weighted by molar-refractivity contribution is 0.108. The molecule has 0 aliphatic rings. The molecular formula is C17H21NO2. The van der Waals surface area contributed by atoms with Crippen LogP contribution in [0.5, 0.6) is 5.75 Å². The zero-order chi connectivity index (χ0) is 14.5. The SMILES string of the molecule is CC(C)c1cccc(OCC(O)c2ccc(N)cc2)c1. The Morgan fingerprint density at radius 3 is 2.40 bits per heavy atom. The normalized spacial score (nSPS) is 12.4. The molecule has 3 nitrogen and oxygen atoms in total. The van der Waals surface area contributed by atoms with Gasteiger partial charge >= 0.3 is 0 Å². The lowest BCUT2D eigenvalue weighted by Gasteiger charge is -2.14. The maximum absolute atomic E-state index is 10.1. The van der Waals surface area contributed by atoms with E-state index in [0.717, 1.165) is 11.3 Å². The van der Waals surface area contributed by atoms with Gasteiger partial charge in [0.15, 0.2) is 0 Å². The molecular weight excluding hydrogens is 250 g/mol. The van der Waals surface area contributed by atoms with Gasteiger partial charge in [-0.25, -0.2) is 0 Å². The van der Waals surface area contributed by atoms with Crippen molar-refractivity contribution in [2.45, 2.75) is 25.9 Å². The number of anilines is 1. The smallest absolute Gasteiger partial charge is 0.119 e. The quantitative estimate of drug-likeness (QED) is 0.818. The Balaban J connectivity index is 1.97. The highest BCUT2D eigenvalue weighted by Crippen LogP contribution is 2.22. The molecule has 1 atom stereocenters. The summed E-state index contributed by atoms with van der Waals surface area (Å²) in [4.78, 5) is 0. The van der Waals surface area contributed by atoms with Crippen LogP contribution >= 0.6 is 0 Å². The first kappa shape index (κ1) is 14.4. The number of hydrogen-bond acceptors (Lipinski definition) is 3. The number of aliphatic hydroxyl groups excluding tert-OH is 1. The Morgan fingerprint density at radius 1 is 1.05 bits per heavy atom. The molecule has 0 heterocycles. The van der Waals surface area contributed by atoms with Gasteiger partial charge in [0.2, 0.25) is 0 Å². The monoisotopic (exact) mass is 271 g/mol. The van der Waals surface area contributed by atoms with Gasteiger partial charge < -0.3 is 15.6 Å². The molecule has 3 heteroatoms. The molecule has 2 aromatic rings. The van der Waals surface area contributed by atoms with Crippen molar-refractivity contribution in [2.24, 2.45) is 0 Å². The van der Waals surface area contributed by atoms with E-state index in [0.29, 0.717) is 11.6 Å². The third-order valence-corrected chi connectivity index (χ3v) is 3.25. The standard InChI is InChI=1S/C17H21NO2/c1-12(2)14-4-3-5-16(10-14)20-11-17(19)13-6-8-15(18)9-7-13/h3-10,12,17,19H,11,18H2,1-2H3. The topological polar surface area (TPSA) is 55.5 Å². The van der Waals surface area contributed by atoms with Crippen molar-refractivity contribution >= 4 is 5.69 Å². The van der Waals surface area contributed by atoms with E-state index in [4.69, 9.17) is 10.5 Å². The third-order valence-electron chi connectivity index (χ3n) is 3.25. The third kappa shape index (κ3) is 3.75. The molecule has 0 aliphatic carbocycles. The van der Waals surface area contributed by atoms with Crippen LogP contribution in [0.2, 0.25) is 0 Å². The van der Waals surface area contributed by atoms with Crippen LogP contribution in [0.4, 0.5) is 5.69 Å². The number of nitrogen functional groups attached to an aromatic ring is 1. The van der Waals surface area contributed by atoms with Crippen LogP contribution in [0, 0.1) is 0 Å². The van der Waals surface area contributed by atoms with Gasteiger partial charge in [-0.15, -0.1) is 0 Å². The number of hydrogen-bond donors (Lipinski definition) is 2. The first-order chi connectivity index (χ1) is 9.56. The number of benzene rings is 2. The van der Waals surface area contributed by atoms with Crippen molar-refractivity contribution in [2.75, 3.05) is 12.3 Å². The highest BCUT2D eigenvalue weighted by Gasteiger charge is 2.09. The minimum Gasteiger partial charge on any atom is -0.491 e. The summed E-state index contributed by atoms with van der Waals surface area (Å²) in [6, 6.07) is 15.1. The zero-order valence-electron chi connectivity index (χ0n) is 11.9. The Labute approximate surface area is 120 Å². The minimum absolute atomic E-state index is 0.228. The Hall–Kier alpha value is -2.00. The second-order valence-corrected chi connectivity index (χ2v) is 5.22. The van der Waals surface area contributed by atoms with Gasteiger partial charge in [0.05, 0.1) is 0 Å². The molecule has 2 rings (SSSR count). The summed E-state index contributed by atoms with van der Waals surface area (Å²) in [7, 11) is 0. The fourth-order valence-electron chi connectivity index (χ4n) is 1.95. The average Bonchev–Trinajstić information content (AvgIpc) is 2.46. The molecule has 0 aromatic heterocycles. The van der Waals surface area contributed by atoms with Gasteiger partial charge in [0, 0.05) is 5.69 Å². The molecule has 20 heavy (non-hydrogen) atoms. The lowest BCUT2D eigenvalue weighted by Crippen LogP contribution is -2.09. The highest BCUT2D eigenvalue weighted by molar-refractivity contribution is 5.40. The van der Waals surface area contributed by atoms with Gasteiger partial charge in [-0.1, -0.05) is 38.1 Å². The first-order valence-electron chi connectivity index (χ1n) is 6.82. The van der Waals surface area contributed by atoms with Crippen LogP contribution in [-0.2, 0) is 0 Å². The molecule has 0 fully saturated rings. The van der Waals surface area contributed by atoms with Crippen LogP contribution in [0.15, 0.2) is 48.5 Å². The molecule has 3 N–H and O–H groups in total. The number of nitrogens with two attached hydrogens (primary N) is 1. The van der Waals surface area contributed by atoms with Crippen molar-refractivity contribution in [3.63, 3.8) is 0 Å². The summed E-state index contributed by atoms with van der Waals surface area (Å²) in [5.74, 6) is 1.24. The average molecular weight is 271 g/mol. The maximum atomic E-state index is 10.1. The Kier molecular flexibility index (Phi) is 4.64. The Bertz CT molecular complexity index is 549. The second kappa shape index (κ2) is 6.44. The highest BCUT2D eigenvalue weighted by atomic mass is 16.5. The lowest BCUT2D eigenvalue weighted by atomic mass is 10.0. The van der Waals surface area contributed by atoms with Crippen molar-refractivity contribution in [3.8, 4) is 5.75 Å². The fourth-order valence-corrected chi connectivity index (χ4v) is 1.95. The molecule has 0 aliphatic heterocycles. The summed E-state index contributed by atoms with van der Waals surface area (Å²) in [5, 5.41) is 10.1. The van der Waals surface area contributed by atoms with E-state index in [1.807, 2.05) is 30.3 Å². The molecule has 1 unspecified atom stereocenters. The predicted octanol–water partition coefficient (Wildman–Crippen LogP) is 3.50. The van der Waals surface area contributed by atoms with Gasteiger partial charge in [-0.3, -0.25) is 0 Å². The molecule has 0 bridgehead atoms. The van der Waals surface area contributed by atoms with E-state index in [1.54, 1.807) is 12.1 Å². The summed E-state index contributed by atoms with van der Waals surface area (Å²) >= 11 is 0. The van der Waals surface area contributed by atoms with Crippen LogP contribution in [0.1, 0.15) is 37.0 Å². The number of ether oxygens (including phenoxy) is 1. The Morgan fingerprint density at radius 2 is 1.75 bits per heavy atom. The van der Waals surface area contributed by atoms with Crippen molar-refractivity contribution in [3.05, 3.63) is 59.7 Å². The largest absolute Gasteiger partial charge is 0.491 e. The summed E-state index contributed by atoms with van der Waals surface area (Å²) in [6.45, 7) is 4.51. The van der Waals surface area contributed by atoms with E-state index >= 15 is 0 Å². The van der Waals surface area contributed by atoms with Crippen LogP contribution in [0.3, 0.4) is 0 Å².